The standard InChI is InChI=1S/C23H37N3O5S2/c1-16(14-24-32(4,27)28)17(2)33(29,30)26-10-5-6-19-15-25-11-9-18-12-20(31-3)7-8-21(18)23(25)13-22(19)26/h7-8,12,16-17,19,22-24H,5-6,9-11,13-15H2,1-4H3/t16?,17?,19-,22+,23-/m0/s1. The van der Waals surface area contributed by atoms with E-state index in [2.05, 4.69) is 21.8 Å². The van der Waals surface area contributed by atoms with Crippen molar-refractivity contribution in [2.24, 2.45) is 11.8 Å². The summed E-state index contributed by atoms with van der Waals surface area (Å²) in [6.07, 6.45) is 4.81. The maximum atomic E-state index is 13.7. The minimum atomic E-state index is -3.57. The molecule has 2 unspecified atom stereocenters. The van der Waals surface area contributed by atoms with Crippen molar-refractivity contribution in [3.8, 4) is 5.75 Å². The van der Waals surface area contributed by atoms with Gasteiger partial charge in [0.05, 0.1) is 18.6 Å². The van der Waals surface area contributed by atoms with E-state index in [-0.39, 0.29) is 24.5 Å². The molecule has 2 saturated heterocycles. The molecule has 33 heavy (non-hydrogen) atoms. The van der Waals surface area contributed by atoms with Crippen LogP contribution in [-0.2, 0) is 26.5 Å². The van der Waals surface area contributed by atoms with Gasteiger partial charge in [-0.25, -0.2) is 21.6 Å². The van der Waals surface area contributed by atoms with E-state index in [0.29, 0.717) is 12.5 Å². The molecule has 3 heterocycles. The summed E-state index contributed by atoms with van der Waals surface area (Å²) in [4.78, 5) is 2.54. The SMILES string of the molecule is COc1ccc2c(c1)CCN1C[C@@H]3CCCN(S(=O)(=O)C(C)C(C)CNS(C)(=O)=O)[C@@H]3C[C@@H]21. The lowest BCUT2D eigenvalue weighted by atomic mass is 9.77. The highest BCUT2D eigenvalue weighted by atomic mass is 32.2. The van der Waals surface area contributed by atoms with Crippen LogP contribution in [0.3, 0.4) is 0 Å². The molecule has 5 atom stereocenters. The van der Waals surface area contributed by atoms with Gasteiger partial charge in [0.2, 0.25) is 20.0 Å². The molecule has 8 nitrogen and oxygen atoms in total. The van der Waals surface area contributed by atoms with Gasteiger partial charge in [0.25, 0.3) is 0 Å². The van der Waals surface area contributed by atoms with Crippen LogP contribution in [0.25, 0.3) is 0 Å². The van der Waals surface area contributed by atoms with Crippen molar-refractivity contribution < 1.29 is 21.6 Å². The number of hydrogen-bond acceptors (Lipinski definition) is 6. The highest BCUT2D eigenvalue weighted by Crippen LogP contribution is 2.44. The summed E-state index contributed by atoms with van der Waals surface area (Å²) in [6, 6.07) is 6.47. The van der Waals surface area contributed by atoms with Gasteiger partial charge >= 0.3 is 0 Å². The van der Waals surface area contributed by atoms with Gasteiger partial charge in [-0.2, -0.15) is 4.31 Å². The van der Waals surface area contributed by atoms with Crippen LogP contribution in [-0.4, -0.2) is 76.9 Å². The summed E-state index contributed by atoms with van der Waals surface area (Å²) in [5.74, 6) is 0.873. The number of benzene rings is 1. The zero-order chi connectivity index (χ0) is 24.0. The quantitative estimate of drug-likeness (QED) is 0.616. The van der Waals surface area contributed by atoms with Crippen molar-refractivity contribution in [3.05, 3.63) is 29.3 Å². The van der Waals surface area contributed by atoms with E-state index in [1.54, 1.807) is 25.3 Å². The summed E-state index contributed by atoms with van der Waals surface area (Å²) >= 11 is 0. The predicted octanol–water partition coefficient (Wildman–Crippen LogP) is 1.98. The molecular weight excluding hydrogens is 462 g/mol. The Morgan fingerprint density at radius 1 is 1.18 bits per heavy atom. The predicted molar refractivity (Wildman–Crippen MR) is 129 cm³/mol. The first-order valence-electron chi connectivity index (χ1n) is 11.9. The molecule has 0 bridgehead atoms. The number of ether oxygens (including phenoxy) is 1. The van der Waals surface area contributed by atoms with E-state index >= 15 is 0 Å². The average molecular weight is 500 g/mol. The molecule has 4 rings (SSSR count). The molecule has 3 aliphatic heterocycles. The van der Waals surface area contributed by atoms with Crippen LogP contribution in [0.15, 0.2) is 18.2 Å². The van der Waals surface area contributed by atoms with E-state index in [0.717, 1.165) is 50.8 Å². The molecule has 0 aromatic heterocycles. The summed E-state index contributed by atoms with van der Waals surface area (Å²) in [7, 11) is -5.25. The van der Waals surface area contributed by atoms with Crippen LogP contribution in [0.4, 0.5) is 0 Å². The Bertz CT molecular complexity index is 1080. The van der Waals surface area contributed by atoms with Crippen LogP contribution >= 0.6 is 0 Å². The second-order valence-corrected chi connectivity index (χ2v) is 14.1. The lowest BCUT2D eigenvalue weighted by molar-refractivity contribution is 0.0214. The summed E-state index contributed by atoms with van der Waals surface area (Å²) in [6.45, 7) is 6.09. The Morgan fingerprint density at radius 2 is 1.94 bits per heavy atom. The fourth-order valence-electron chi connectivity index (χ4n) is 5.79. The third-order valence-corrected chi connectivity index (χ3v) is 11.1. The van der Waals surface area contributed by atoms with Crippen molar-refractivity contribution in [1.82, 2.24) is 13.9 Å². The second kappa shape index (κ2) is 9.45. The average Bonchev–Trinajstić information content (AvgIpc) is 2.79. The van der Waals surface area contributed by atoms with Crippen LogP contribution in [0.5, 0.6) is 5.75 Å². The van der Waals surface area contributed by atoms with Crippen LogP contribution in [0.2, 0.25) is 0 Å². The monoisotopic (exact) mass is 499 g/mol. The first-order valence-corrected chi connectivity index (χ1v) is 15.3. The minimum absolute atomic E-state index is 0.0180. The molecular formula is C23H37N3O5S2. The van der Waals surface area contributed by atoms with E-state index in [9.17, 15) is 16.8 Å². The molecule has 0 amide bonds. The number of methoxy groups -OCH3 is 1. The number of sulfonamides is 2. The topological polar surface area (TPSA) is 96.0 Å². The summed E-state index contributed by atoms with van der Waals surface area (Å²) in [5, 5.41) is -0.661. The van der Waals surface area contributed by atoms with Gasteiger partial charge in [0.1, 0.15) is 5.75 Å². The molecule has 0 aliphatic carbocycles. The van der Waals surface area contributed by atoms with E-state index < -0.39 is 25.3 Å². The Hall–Kier alpha value is -1.20. The van der Waals surface area contributed by atoms with E-state index in [1.165, 1.54) is 11.1 Å². The highest BCUT2D eigenvalue weighted by molar-refractivity contribution is 7.89. The Kier molecular flexibility index (Phi) is 7.13. The Morgan fingerprint density at radius 3 is 2.64 bits per heavy atom. The lowest BCUT2D eigenvalue weighted by Crippen LogP contribution is -2.59. The molecule has 1 aromatic rings. The molecule has 0 saturated carbocycles. The van der Waals surface area contributed by atoms with Gasteiger partial charge in [-0.15, -0.1) is 0 Å². The van der Waals surface area contributed by atoms with Crippen LogP contribution < -0.4 is 9.46 Å². The Balaban J connectivity index is 1.56. The molecule has 0 radical (unpaired) electrons. The third-order valence-electron chi connectivity index (χ3n) is 7.89. The number of nitrogens with zero attached hydrogens (tertiary/aromatic N) is 2. The largest absolute Gasteiger partial charge is 0.497 e. The minimum Gasteiger partial charge on any atom is -0.497 e. The fourth-order valence-corrected chi connectivity index (χ4v) is 8.48. The molecule has 186 valence electrons. The van der Waals surface area contributed by atoms with Gasteiger partial charge in [-0.3, -0.25) is 4.90 Å². The first kappa shape index (κ1) is 24.9. The zero-order valence-corrected chi connectivity index (χ0v) is 21.7. The van der Waals surface area contributed by atoms with Crippen molar-refractivity contribution in [1.29, 1.82) is 0 Å². The molecule has 2 fully saturated rings. The van der Waals surface area contributed by atoms with Gasteiger partial charge < -0.3 is 4.74 Å². The maximum absolute atomic E-state index is 13.7. The van der Waals surface area contributed by atoms with Gasteiger partial charge in [-0.05, 0) is 67.7 Å². The van der Waals surface area contributed by atoms with Crippen molar-refractivity contribution in [2.75, 3.05) is 39.5 Å². The molecule has 0 spiro atoms. The number of fused-ring (bicyclic) bond motifs is 4. The highest BCUT2D eigenvalue weighted by Gasteiger charge is 2.47. The molecule has 3 aliphatic rings. The maximum Gasteiger partial charge on any atom is 0.217 e. The van der Waals surface area contributed by atoms with E-state index in [1.807, 2.05) is 6.07 Å². The fraction of sp³-hybridized carbons (Fsp3) is 0.739. The van der Waals surface area contributed by atoms with Crippen LogP contribution in [0, 0.1) is 11.8 Å². The molecule has 1 aromatic carbocycles. The number of piperidine rings is 2. The first-order chi connectivity index (χ1) is 15.5. The van der Waals surface area contributed by atoms with Gasteiger partial charge in [0.15, 0.2) is 0 Å². The summed E-state index contributed by atoms with van der Waals surface area (Å²) < 4.78 is 60.0. The zero-order valence-electron chi connectivity index (χ0n) is 20.0. The van der Waals surface area contributed by atoms with Gasteiger partial charge in [-0.1, -0.05) is 13.0 Å². The van der Waals surface area contributed by atoms with Crippen molar-refractivity contribution >= 4 is 20.0 Å². The van der Waals surface area contributed by atoms with Crippen molar-refractivity contribution in [2.45, 2.75) is 56.9 Å². The van der Waals surface area contributed by atoms with E-state index in [4.69, 9.17) is 4.74 Å². The molecule has 10 heteroatoms. The lowest BCUT2D eigenvalue weighted by Gasteiger charge is -2.52. The normalized spacial score (nSPS) is 28.3. The number of nitrogens with one attached hydrogen (secondary N) is 1. The smallest absolute Gasteiger partial charge is 0.217 e. The Labute approximate surface area is 198 Å². The third kappa shape index (κ3) is 5.10. The van der Waals surface area contributed by atoms with Crippen molar-refractivity contribution in [3.63, 3.8) is 0 Å². The molecule has 1 N–H and O–H groups in total. The van der Waals surface area contributed by atoms with Crippen LogP contribution in [0.1, 0.15) is 50.3 Å². The van der Waals surface area contributed by atoms with Gasteiger partial charge in [0, 0.05) is 38.3 Å². The number of rotatable bonds is 7. The second-order valence-electron chi connectivity index (χ2n) is 9.99. The summed E-state index contributed by atoms with van der Waals surface area (Å²) in [5.41, 5.74) is 2.59. The number of hydrogen-bond donors (Lipinski definition) is 1.